The third-order valence-corrected chi connectivity index (χ3v) is 10.9. The molecule has 0 unspecified atom stereocenters. The van der Waals surface area contributed by atoms with E-state index in [2.05, 4.69) is 183 Å². The van der Waals surface area contributed by atoms with Crippen LogP contribution in [0.5, 0.6) is 0 Å². The largest absolute Gasteiger partial charge is 0.452 e. The first-order chi connectivity index (χ1) is 27.6. The summed E-state index contributed by atoms with van der Waals surface area (Å²) in [5.41, 5.74) is 17.1. The van der Waals surface area contributed by atoms with Gasteiger partial charge in [0.15, 0.2) is 11.2 Å². The highest BCUT2D eigenvalue weighted by atomic mass is 16.4. The van der Waals surface area contributed by atoms with Crippen molar-refractivity contribution < 1.29 is 8.83 Å². The lowest BCUT2D eigenvalue weighted by Crippen LogP contribution is -1.84. The zero-order valence-electron chi connectivity index (χ0n) is 30.7. The fourth-order valence-corrected chi connectivity index (χ4v) is 7.93. The summed E-state index contributed by atoms with van der Waals surface area (Å²) >= 11 is 0. The van der Waals surface area contributed by atoms with Crippen LogP contribution in [-0.4, -0.2) is 0 Å². The first-order valence-corrected chi connectivity index (χ1v) is 18.9. The zero-order chi connectivity index (χ0) is 37.6. The molecular formula is C54H36O2. The maximum absolute atomic E-state index is 6.54. The molecule has 56 heavy (non-hydrogen) atoms. The van der Waals surface area contributed by atoms with E-state index in [1.54, 1.807) is 6.08 Å². The van der Waals surface area contributed by atoms with Crippen LogP contribution in [-0.2, 0) is 0 Å². The van der Waals surface area contributed by atoms with E-state index in [1.165, 1.54) is 22.3 Å². The van der Waals surface area contributed by atoms with Gasteiger partial charge in [0.05, 0.1) is 0 Å². The Hall–Kier alpha value is -7.42. The van der Waals surface area contributed by atoms with E-state index >= 15 is 0 Å². The van der Waals surface area contributed by atoms with Gasteiger partial charge in [0, 0.05) is 21.5 Å². The Kier molecular flexibility index (Phi) is 8.16. The van der Waals surface area contributed by atoms with E-state index in [9.17, 15) is 0 Å². The molecule has 2 nitrogen and oxygen atoms in total. The Morgan fingerprint density at radius 1 is 0.357 bits per heavy atom. The van der Waals surface area contributed by atoms with E-state index in [-0.39, 0.29) is 0 Å². The molecule has 10 rings (SSSR count). The topological polar surface area (TPSA) is 26.3 Å². The second-order valence-electron chi connectivity index (χ2n) is 14.2. The van der Waals surface area contributed by atoms with Crippen molar-refractivity contribution in [1.29, 1.82) is 0 Å². The van der Waals surface area contributed by atoms with Gasteiger partial charge in [-0.25, -0.2) is 0 Å². The Morgan fingerprint density at radius 3 is 1.23 bits per heavy atom. The number of allylic oxidation sites excluding steroid dienone is 4. The molecule has 0 bridgehead atoms. The van der Waals surface area contributed by atoms with Crippen LogP contribution in [0.15, 0.2) is 216 Å². The fourth-order valence-electron chi connectivity index (χ4n) is 7.93. The fraction of sp³-hybridized carbons (Fsp3) is 0. The molecule has 0 amide bonds. The van der Waals surface area contributed by atoms with Crippen LogP contribution in [0.1, 0.15) is 5.56 Å². The molecule has 2 aromatic heterocycles. The third-order valence-electron chi connectivity index (χ3n) is 10.9. The lowest BCUT2D eigenvalue weighted by molar-refractivity contribution is 0.633. The van der Waals surface area contributed by atoms with Crippen molar-refractivity contribution in [3.63, 3.8) is 0 Å². The average molecular weight is 717 g/mol. The van der Waals surface area contributed by atoms with E-state index in [0.717, 1.165) is 88.4 Å². The Morgan fingerprint density at radius 2 is 0.750 bits per heavy atom. The van der Waals surface area contributed by atoms with Crippen molar-refractivity contribution in [3.05, 3.63) is 213 Å². The molecule has 0 radical (unpaired) electrons. The lowest BCUT2D eigenvalue weighted by Gasteiger charge is -2.08. The Bertz CT molecular complexity index is 3130. The van der Waals surface area contributed by atoms with Gasteiger partial charge in [-0.1, -0.05) is 159 Å². The van der Waals surface area contributed by atoms with Crippen molar-refractivity contribution in [2.75, 3.05) is 0 Å². The molecule has 0 aliphatic heterocycles. The molecule has 0 N–H and O–H groups in total. The van der Waals surface area contributed by atoms with Gasteiger partial charge in [0.1, 0.15) is 11.2 Å². The molecule has 0 fully saturated rings. The second kappa shape index (κ2) is 13.8. The number of fused-ring (bicyclic) bond motifs is 7. The third kappa shape index (κ3) is 5.85. The summed E-state index contributed by atoms with van der Waals surface area (Å²) in [6.45, 7) is 7.77. The van der Waals surface area contributed by atoms with Crippen LogP contribution in [0.25, 0.3) is 105 Å². The van der Waals surface area contributed by atoms with E-state index in [4.69, 9.17) is 8.83 Å². The number of hydrogen-bond donors (Lipinski definition) is 0. The summed E-state index contributed by atoms with van der Waals surface area (Å²) in [5.74, 6) is 0. The molecule has 0 aliphatic carbocycles. The molecule has 0 aliphatic rings. The molecule has 8 aromatic carbocycles. The molecular weight excluding hydrogens is 681 g/mol. The minimum absolute atomic E-state index is 0.770. The zero-order valence-corrected chi connectivity index (χ0v) is 30.7. The van der Waals surface area contributed by atoms with Crippen LogP contribution in [0.2, 0.25) is 0 Å². The molecule has 0 saturated carbocycles. The number of rotatable bonds is 8. The first kappa shape index (κ1) is 33.2. The first-order valence-electron chi connectivity index (χ1n) is 18.9. The Balaban J connectivity index is 0.972. The summed E-state index contributed by atoms with van der Waals surface area (Å²) in [6.07, 6.45) is 5.62. The summed E-state index contributed by atoms with van der Waals surface area (Å²) in [4.78, 5) is 0. The standard InChI is InChI=1S/C54H36O2/c1-3-10-35(4-2)37-17-21-39(22-18-37)41-13-8-15-43(31-41)45-25-29-51-49(33-45)47-27-28-48-50-34-46(26-30-52(50)56-54(48)53(47)55-51)44-16-9-14-42(32-44)40-23-19-38(20-24-40)36-11-6-5-7-12-36/h3-34H,1-2H2/b35-10+. The highest BCUT2D eigenvalue weighted by Gasteiger charge is 2.17. The number of hydrogen-bond acceptors (Lipinski definition) is 2. The highest BCUT2D eigenvalue weighted by Crippen LogP contribution is 2.41. The second-order valence-corrected chi connectivity index (χ2v) is 14.2. The highest BCUT2D eigenvalue weighted by molar-refractivity contribution is 6.19. The minimum Gasteiger partial charge on any atom is -0.452 e. The van der Waals surface area contributed by atoms with Gasteiger partial charge in [-0.3, -0.25) is 0 Å². The summed E-state index contributed by atoms with van der Waals surface area (Å²) in [5, 5.41) is 4.22. The molecule has 0 saturated heterocycles. The summed E-state index contributed by atoms with van der Waals surface area (Å²) < 4.78 is 13.1. The monoisotopic (exact) mass is 716 g/mol. The molecule has 2 heterocycles. The average Bonchev–Trinajstić information content (AvgIpc) is 3.84. The van der Waals surface area contributed by atoms with E-state index < -0.39 is 0 Å². The van der Waals surface area contributed by atoms with Crippen molar-refractivity contribution >= 4 is 49.5 Å². The predicted octanol–water partition coefficient (Wildman–Crippen LogP) is 15.6. The van der Waals surface area contributed by atoms with Gasteiger partial charge in [0.25, 0.3) is 0 Å². The van der Waals surface area contributed by atoms with Gasteiger partial charge in [-0.05, 0) is 115 Å². The van der Waals surface area contributed by atoms with Crippen molar-refractivity contribution in [2.24, 2.45) is 0 Å². The molecule has 264 valence electrons. The smallest absolute Gasteiger partial charge is 0.178 e. The summed E-state index contributed by atoms with van der Waals surface area (Å²) in [6, 6.07) is 62.6. The summed E-state index contributed by atoms with van der Waals surface area (Å²) in [7, 11) is 0. The van der Waals surface area contributed by atoms with Gasteiger partial charge in [-0.15, -0.1) is 0 Å². The van der Waals surface area contributed by atoms with E-state index in [0.29, 0.717) is 0 Å². The van der Waals surface area contributed by atoms with Gasteiger partial charge < -0.3 is 8.83 Å². The van der Waals surface area contributed by atoms with Gasteiger partial charge in [-0.2, -0.15) is 0 Å². The molecule has 2 heteroatoms. The van der Waals surface area contributed by atoms with Crippen LogP contribution < -0.4 is 0 Å². The van der Waals surface area contributed by atoms with Gasteiger partial charge in [0.2, 0.25) is 0 Å². The SMILES string of the molecule is C=C/C=C(\C=C)c1ccc(-c2cccc(-c3ccc4oc5c(ccc6c7cc(-c8cccc(-c9ccc(-c%10ccccc%10)cc9)c8)ccc7oc65)c4c3)c2)cc1. The number of benzene rings is 8. The normalized spacial score (nSPS) is 11.8. The number of furan rings is 2. The molecule has 0 spiro atoms. The van der Waals surface area contributed by atoms with Crippen LogP contribution in [0, 0.1) is 0 Å². The van der Waals surface area contributed by atoms with Crippen molar-refractivity contribution in [2.45, 2.75) is 0 Å². The lowest BCUT2D eigenvalue weighted by atomic mass is 9.96. The van der Waals surface area contributed by atoms with Crippen LogP contribution >= 0.6 is 0 Å². The van der Waals surface area contributed by atoms with E-state index in [1.807, 2.05) is 18.2 Å². The maximum Gasteiger partial charge on any atom is 0.178 e. The maximum atomic E-state index is 6.54. The Labute approximate surface area is 325 Å². The molecule has 10 aromatic rings. The van der Waals surface area contributed by atoms with Crippen molar-refractivity contribution in [1.82, 2.24) is 0 Å². The van der Waals surface area contributed by atoms with Crippen LogP contribution in [0.4, 0.5) is 0 Å². The van der Waals surface area contributed by atoms with Crippen LogP contribution in [0.3, 0.4) is 0 Å². The van der Waals surface area contributed by atoms with Gasteiger partial charge >= 0.3 is 0 Å². The molecule has 0 atom stereocenters. The quantitative estimate of drug-likeness (QED) is 0.146. The predicted molar refractivity (Wildman–Crippen MR) is 237 cm³/mol. The van der Waals surface area contributed by atoms with Crippen molar-refractivity contribution in [3.8, 4) is 55.6 Å². The minimum atomic E-state index is 0.770.